The minimum atomic E-state index is 0.0467. The molecule has 2 fully saturated rings. The van der Waals surface area contributed by atoms with Crippen LogP contribution in [0.25, 0.3) is 0 Å². The van der Waals surface area contributed by atoms with Gasteiger partial charge in [0.1, 0.15) is 17.5 Å². The minimum Gasteiger partial charge on any atom is -0.487 e. The van der Waals surface area contributed by atoms with Gasteiger partial charge in [-0.1, -0.05) is 18.2 Å². The molecule has 3 heterocycles. The van der Waals surface area contributed by atoms with Gasteiger partial charge in [-0.2, -0.15) is 0 Å². The van der Waals surface area contributed by atoms with Crippen LogP contribution in [0.15, 0.2) is 42.9 Å². The smallest absolute Gasteiger partial charge is 0.274 e. The van der Waals surface area contributed by atoms with E-state index in [1.807, 2.05) is 46.8 Å². The molecule has 0 N–H and O–H groups in total. The van der Waals surface area contributed by atoms with Crippen molar-refractivity contribution in [2.75, 3.05) is 19.6 Å². The average molecular weight is 383 g/mol. The highest BCUT2D eigenvalue weighted by atomic mass is 16.5. The maximum absolute atomic E-state index is 12.7. The van der Waals surface area contributed by atoms with Crippen LogP contribution < -0.4 is 4.74 Å². The van der Waals surface area contributed by atoms with Crippen LogP contribution in [-0.2, 0) is 7.05 Å². The van der Waals surface area contributed by atoms with E-state index < -0.39 is 0 Å². The lowest BCUT2D eigenvalue weighted by Crippen LogP contribution is -2.68. The third-order valence-electron chi connectivity index (χ3n) is 6.08. The molecule has 0 aliphatic carbocycles. The van der Waals surface area contributed by atoms with E-state index in [0.29, 0.717) is 23.7 Å². The topological polar surface area (TPSA) is 50.6 Å². The molecule has 1 aromatic heterocycles. The molecule has 28 heavy (non-hydrogen) atoms. The van der Waals surface area contributed by atoms with Crippen molar-refractivity contribution in [2.24, 2.45) is 13.0 Å². The zero-order valence-corrected chi connectivity index (χ0v) is 17.0. The first-order valence-corrected chi connectivity index (χ1v) is 10.3. The van der Waals surface area contributed by atoms with Gasteiger partial charge < -0.3 is 14.2 Å². The molecular formula is C22H30N4O2. The molecule has 0 bridgehead atoms. The minimum absolute atomic E-state index is 0.0467. The monoisotopic (exact) mass is 382 g/mol. The lowest BCUT2D eigenvalue weighted by molar-refractivity contribution is -0.0983. The average Bonchev–Trinajstić information content (AvgIpc) is 3.12. The highest BCUT2D eigenvalue weighted by Gasteiger charge is 2.47. The lowest BCUT2D eigenvalue weighted by atomic mass is 9.79. The zero-order valence-electron chi connectivity index (χ0n) is 17.0. The number of carbonyl (C=O) groups is 1. The maximum atomic E-state index is 12.7. The number of amides is 1. The number of aryl methyl sites for hydroxylation is 1. The van der Waals surface area contributed by atoms with Gasteiger partial charge in [0.2, 0.25) is 0 Å². The molecule has 2 aliphatic rings. The van der Waals surface area contributed by atoms with Gasteiger partial charge in [-0.15, -0.1) is 0 Å². The van der Waals surface area contributed by atoms with E-state index in [-0.39, 0.29) is 12.0 Å². The predicted molar refractivity (Wildman–Crippen MR) is 108 cm³/mol. The molecular weight excluding hydrogens is 352 g/mol. The van der Waals surface area contributed by atoms with Crippen LogP contribution in [0.2, 0.25) is 0 Å². The number of hydrogen-bond acceptors (Lipinski definition) is 4. The van der Waals surface area contributed by atoms with E-state index in [0.717, 1.165) is 38.2 Å². The van der Waals surface area contributed by atoms with Crippen LogP contribution in [0.4, 0.5) is 0 Å². The normalized spacial score (nSPS) is 23.6. The summed E-state index contributed by atoms with van der Waals surface area (Å²) >= 11 is 0. The number of likely N-dealkylation sites (tertiary alicyclic amines) is 2. The van der Waals surface area contributed by atoms with Gasteiger partial charge in [-0.25, -0.2) is 4.98 Å². The molecule has 0 spiro atoms. The molecule has 2 unspecified atom stereocenters. The van der Waals surface area contributed by atoms with Crippen LogP contribution in [0.5, 0.6) is 5.75 Å². The van der Waals surface area contributed by atoms with Crippen molar-refractivity contribution in [1.82, 2.24) is 19.4 Å². The van der Waals surface area contributed by atoms with Gasteiger partial charge in [0.25, 0.3) is 5.91 Å². The van der Waals surface area contributed by atoms with Crippen molar-refractivity contribution in [3.63, 3.8) is 0 Å². The second-order valence-corrected chi connectivity index (χ2v) is 8.30. The number of benzene rings is 1. The van der Waals surface area contributed by atoms with Gasteiger partial charge in [-0.05, 0) is 44.7 Å². The molecule has 1 aromatic carbocycles. The molecule has 0 radical (unpaired) electrons. The third-order valence-corrected chi connectivity index (χ3v) is 6.08. The number of aromatic nitrogens is 2. The Morgan fingerprint density at radius 1 is 1.18 bits per heavy atom. The highest BCUT2D eigenvalue weighted by Crippen LogP contribution is 2.36. The maximum Gasteiger partial charge on any atom is 0.274 e. The summed E-state index contributed by atoms with van der Waals surface area (Å²) in [5.74, 6) is 1.55. The summed E-state index contributed by atoms with van der Waals surface area (Å²) in [7, 11) is 1.89. The fraction of sp³-hybridized carbons (Fsp3) is 0.545. The molecule has 2 saturated heterocycles. The summed E-state index contributed by atoms with van der Waals surface area (Å²) in [5.41, 5.74) is 0.540. The predicted octanol–water partition coefficient (Wildman–Crippen LogP) is 2.81. The Morgan fingerprint density at radius 2 is 1.89 bits per heavy atom. The van der Waals surface area contributed by atoms with Gasteiger partial charge in [0.05, 0.1) is 12.4 Å². The number of piperidine rings is 1. The van der Waals surface area contributed by atoms with E-state index in [4.69, 9.17) is 4.74 Å². The second-order valence-electron chi connectivity index (χ2n) is 8.30. The first kappa shape index (κ1) is 19.0. The van der Waals surface area contributed by atoms with Crippen molar-refractivity contribution < 1.29 is 9.53 Å². The SMILES string of the molecule is CC(C)N1CC(Oc2ccccc2)C1C1CCN(C(=O)c2cn(C)cn2)CC1. The van der Waals surface area contributed by atoms with Crippen molar-refractivity contribution in [3.05, 3.63) is 48.5 Å². The first-order chi connectivity index (χ1) is 13.5. The quantitative estimate of drug-likeness (QED) is 0.798. The van der Waals surface area contributed by atoms with Crippen LogP contribution in [0, 0.1) is 5.92 Å². The summed E-state index contributed by atoms with van der Waals surface area (Å²) < 4.78 is 8.13. The number of hydrogen-bond donors (Lipinski definition) is 0. The number of rotatable bonds is 5. The molecule has 150 valence electrons. The molecule has 2 atom stereocenters. The first-order valence-electron chi connectivity index (χ1n) is 10.3. The summed E-state index contributed by atoms with van der Waals surface area (Å²) in [4.78, 5) is 21.4. The van der Waals surface area contributed by atoms with Crippen molar-refractivity contribution in [3.8, 4) is 5.75 Å². The Labute approximate surface area is 167 Å². The Kier molecular flexibility index (Phi) is 5.40. The van der Waals surface area contributed by atoms with E-state index in [1.165, 1.54) is 0 Å². The van der Waals surface area contributed by atoms with Crippen LogP contribution >= 0.6 is 0 Å². The molecule has 6 nitrogen and oxygen atoms in total. The fourth-order valence-corrected chi connectivity index (χ4v) is 4.55. The van der Waals surface area contributed by atoms with Gasteiger partial charge >= 0.3 is 0 Å². The summed E-state index contributed by atoms with van der Waals surface area (Å²) in [5, 5.41) is 0. The van der Waals surface area contributed by atoms with Crippen molar-refractivity contribution >= 4 is 5.91 Å². The summed E-state index contributed by atoms with van der Waals surface area (Å²) in [6, 6.07) is 11.0. The number of imidazole rings is 1. The summed E-state index contributed by atoms with van der Waals surface area (Å²) in [6.45, 7) is 7.07. The lowest BCUT2D eigenvalue weighted by Gasteiger charge is -2.54. The number of nitrogens with zero attached hydrogens (tertiary/aromatic N) is 4. The zero-order chi connectivity index (χ0) is 19.7. The Morgan fingerprint density at radius 3 is 2.50 bits per heavy atom. The van der Waals surface area contributed by atoms with Crippen LogP contribution in [0.1, 0.15) is 37.2 Å². The standard InChI is InChI=1S/C22H30N4O2/c1-16(2)26-14-20(28-18-7-5-4-6-8-18)21(26)17-9-11-25(12-10-17)22(27)19-13-24(3)15-23-19/h4-8,13,15-17,20-21H,9-12,14H2,1-3H3. The highest BCUT2D eigenvalue weighted by molar-refractivity contribution is 5.92. The van der Waals surface area contributed by atoms with Crippen LogP contribution in [0.3, 0.4) is 0 Å². The van der Waals surface area contributed by atoms with Gasteiger partial charge in [-0.3, -0.25) is 9.69 Å². The van der Waals surface area contributed by atoms with Crippen LogP contribution in [-0.4, -0.2) is 63.1 Å². The van der Waals surface area contributed by atoms with Crippen molar-refractivity contribution in [2.45, 2.75) is 44.9 Å². The Balaban J connectivity index is 1.39. The third kappa shape index (κ3) is 3.78. The van der Waals surface area contributed by atoms with E-state index in [9.17, 15) is 4.79 Å². The van der Waals surface area contributed by atoms with E-state index in [1.54, 1.807) is 12.5 Å². The molecule has 0 saturated carbocycles. The molecule has 2 aromatic rings. The number of carbonyl (C=O) groups excluding carboxylic acids is 1. The van der Waals surface area contributed by atoms with E-state index in [2.05, 4.69) is 23.7 Å². The Bertz CT molecular complexity index is 796. The van der Waals surface area contributed by atoms with Gasteiger partial charge in [0.15, 0.2) is 0 Å². The fourth-order valence-electron chi connectivity index (χ4n) is 4.55. The molecule has 6 heteroatoms. The van der Waals surface area contributed by atoms with Gasteiger partial charge in [0, 0.05) is 38.9 Å². The largest absolute Gasteiger partial charge is 0.487 e. The van der Waals surface area contributed by atoms with Crippen molar-refractivity contribution in [1.29, 1.82) is 0 Å². The summed E-state index contributed by atoms with van der Waals surface area (Å²) in [6.07, 6.45) is 5.74. The number of para-hydroxylation sites is 1. The number of ether oxygens (including phenoxy) is 1. The Hall–Kier alpha value is -2.34. The molecule has 2 aliphatic heterocycles. The van der Waals surface area contributed by atoms with E-state index >= 15 is 0 Å². The molecule has 4 rings (SSSR count). The second kappa shape index (κ2) is 7.95. The molecule has 1 amide bonds.